The Hall–Kier alpha value is -3.85. The molecule has 0 atom stereocenters. The van der Waals surface area contributed by atoms with Crippen LogP contribution in [0.5, 0.6) is 0 Å². The van der Waals surface area contributed by atoms with Crippen LogP contribution in [0.3, 0.4) is 0 Å². The number of aromatic amines is 1. The number of H-pyrrole nitrogens is 1. The van der Waals surface area contributed by atoms with E-state index < -0.39 is 28.9 Å². The fourth-order valence-corrected chi connectivity index (χ4v) is 3.32. The summed E-state index contributed by atoms with van der Waals surface area (Å²) in [5, 5.41) is 7.26. The topological polar surface area (TPSA) is 79.8 Å². The van der Waals surface area contributed by atoms with Crippen molar-refractivity contribution in [2.45, 2.75) is 12.7 Å². The third-order valence-corrected chi connectivity index (χ3v) is 5.04. The zero-order valence-corrected chi connectivity index (χ0v) is 17.6. The second-order valence-corrected chi connectivity index (χ2v) is 7.60. The predicted octanol–water partition coefficient (Wildman–Crippen LogP) is 5.21. The van der Waals surface area contributed by atoms with E-state index in [-0.39, 0.29) is 5.56 Å². The van der Waals surface area contributed by atoms with Gasteiger partial charge in [-0.1, -0.05) is 54.1 Å². The highest BCUT2D eigenvalue weighted by Crippen LogP contribution is 2.30. The van der Waals surface area contributed by atoms with Crippen molar-refractivity contribution in [2.24, 2.45) is 0 Å². The van der Waals surface area contributed by atoms with Gasteiger partial charge in [0.25, 0.3) is 11.5 Å². The molecule has 4 rings (SSSR count). The van der Waals surface area contributed by atoms with Crippen molar-refractivity contribution in [3.05, 3.63) is 105 Å². The number of carbonyl (C=O) groups is 1. The van der Waals surface area contributed by atoms with E-state index in [9.17, 15) is 22.8 Å². The largest absolute Gasteiger partial charge is 0.417 e. The van der Waals surface area contributed by atoms with Crippen LogP contribution in [0.25, 0.3) is 11.3 Å². The Balaban J connectivity index is 1.71. The van der Waals surface area contributed by atoms with E-state index >= 15 is 0 Å². The molecule has 4 aromatic rings. The van der Waals surface area contributed by atoms with Crippen molar-refractivity contribution in [2.75, 3.05) is 5.32 Å². The van der Waals surface area contributed by atoms with Crippen LogP contribution in [0.15, 0.2) is 77.9 Å². The van der Waals surface area contributed by atoms with Crippen molar-refractivity contribution in [3.8, 4) is 11.3 Å². The summed E-state index contributed by atoms with van der Waals surface area (Å²) in [5.41, 5.74) is -0.573. The number of hydrogen-bond donors (Lipinski definition) is 2. The SMILES string of the molecule is O=C(Nc1cc(C(F)(F)F)c[nH]c1=O)c1cn(Cc2ccccc2)nc1-c1ccc(Cl)cc1. The Morgan fingerprint density at radius 1 is 1.09 bits per heavy atom. The first-order valence-corrected chi connectivity index (χ1v) is 10.1. The molecule has 0 bridgehead atoms. The van der Waals surface area contributed by atoms with E-state index in [1.54, 1.807) is 28.9 Å². The van der Waals surface area contributed by atoms with Crippen LogP contribution in [-0.4, -0.2) is 20.7 Å². The van der Waals surface area contributed by atoms with Crippen molar-refractivity contribution in [3.63, 3.8) is 0 Å². The van der Waals surface area contributed by atoms with Gasteiger partial charge in [-0.2, -0.15) is 18.3 Å². The Labute approximate surface area is 190 Å². The molecule has 1 amide bonds. The number of benzene rings is 2. The summed E-state index contributed by atoms with van der Waals surface area (Å²) in [6, 6.07) is 16.6. The molecular weight excluding hydrogens is 457 g/mol. The molecule has 0 saturated carbocycles. The molecule has 0 radical (unpaired) electrons. The monoisotopic (exact) mass is 472 g/mol. The summed E-state index contributed by atoms with van der Waals surface area (Å²) in [5.74, 6) is -0.774. The second kappa shape index (κ2) is 8.95. The Morgan fingerprint density at radius 2 is 1.79 bits per heavy atom. The minimum absolute atomic E-state index is 0.0880. The number of hydrogen-bond acceptors (Lipinski definition) is 3. The lowest BCUT2D eigenvalue weighted by molar-refractivity contribution is -0.137. The first-order chi connectivity index (χ1) is 15.7. The van der Waals surface area contributed by atoms with Gasteiger partial charge in [0.2, 0.25) is 0 Å². The zero-order chi connectivity index (χ0) is 23.6. The van der Waals surface area contributed by atoms with Crippen LogP contribution in [0.1, 0.15) is 21.5 Å². The molecule has 2 heterocycles. The number of carbonyl (C=O) groups excluding carboxylic acids is 1. The zero-order valence-electron chi connectivity index (χ0n) is 16.9. The first-order valence-electron chi connectivity index (χ1n) is 9.69. The quantitative estimate of drug-likeness (QED) is 0.418. The first kappa shape index (κ1) is 22.3. The summed E-state index contributed by atoms with van der Waals surface area (Å²) < 4.78 is 40.6. The smallest absolute Gasteiger partial charge is 0.327 e. The minimum atomic E-state index is -4.68. The van der Waals surface area contributed by atoms with Crippen LogP contribution < -0.4 is 10.9 Å². The van der Waals surface area contributed by atoms with Gasteiger partial charge in [-0.3, -0.25) is 14.3 Å². The fraction of sp³-hybridized carbons (Fsp3) is 0.0870. The molecule has 0 aliphatic carbocycles. The third kappa shape index (κ3) is 5.15. The summed E-state index contributed by atoms with van der Waals surface area (Å²) in [7, 11) is 0. The highest BCUT2D eigenvalue weighted by molar-refractivity contribution is 6.30. The molecule has 2 N–H and O–H groups in total. The standard InChI is InChI=1S/C23H16ClF3N4O2/c24-17-8-6-15(7-9-17)20-18(13-31(30-20)12-14-4-2-1-3-5-14)21(32)29-19-10-16(23(25,26)27)11-28-22(19)33/h1-11,13H,12H2,(H,28,33)(H,29,32). The van der Waals surface area contributed by atoms with Gasteiger partial charge in [-0.15, -0.1) is 0 Å². The molecule has 6 nitrogen and oxygen atoms in total. The van der Waals surface area contributed by atoms with Gasteiger partial charge in [-0.05, 0) is 23.8 Å². The molecule has 0 unspecified atom stereocenters. The van der Waals surface area contributed by atoms with E-state index in [0.29, 0.717) is 35.1 Å². The third-order valence-electron chi connectivity index (χ3n) is 4.79. The Bertz CT molecular complexity index is 1350. The summed E-state index contributed by atoms with van der Waals surface area (Å²) in [6.07, 6.45) is -2.65. The number of nitrogens with one attached hydrogen (secondary N) is 2. The van der Waals surface area contributed by atoms with Gasteiger partial charge >= 0.3 is 6.18 Å². The normalized spacial score (nSPS) is 11.4. The highest BCUT2D eigenvalue weighted by atomic mass is 35.5. The van der Waals surface area contributed by atoms with Crippen molar-refractivity contribution < 1.29 is 18.0 Å². The lowest BCUT2D eigenvalue weighted by Crippen LogP contribution is -2.21. The average molecular weight is 473 g/mol. The van der Waals surface area contributed by atoms with Crippen LogP contribution in [0.2, 0.25) is 5.02 Å². The molecule has 10 heteroatoms. The molecular formula is C23H16ClF3N4O2. The van der Waals surface area contributed by atoms with Crippen LogP contribution >= 0.6 is 11.6 Å². The van der Waals surface area contributed by atoms with Crippen molar-refractivity contribution in [1.29, 1.82) is 0 Å². The van der Waals surface area contributed by atoms with Crippen molar-refractivity contribution in [1.82, 2.24) is 14.8 Å². The second-order valence-electron chi connectivity index (χ2n) is 7.16. The molecule has 0 spiro atoms. The highest BCUT2D eigenvalue weighted by Gasteiger charge is 2.31. The molecule has 33 heavy (non-hydrogen) atoms. The molecule has 0 aliphatic heterocycles. The lowest BCUT2D eigenvalue weighted by atomic mass is 10.1. The van der Waals surface area contributed by atoms with Gasteiger partial charge in [0.05, 0.1) is 17.7 Å². The van der Waals surface area contributed by atoms with Crippen molar-refractivity contribution >= 4 is 23.2 Å². The number of alkyl halides is 3. The summed E-state index contributed by atoms with van der Waals surface area (Å²) >= 11 is 5.96. The van der Waals surface area contributed by atoms with Crippen LogP contribution in [0, 0.1) is 0 Å². The van der Waals surface area contributed by atoms with E-state index in [1.807, 2.05) is 35.3 Å². The maximum absolute atomic E-state index is 13.0. The van der Waals surface area contributed by atoms with Gasteiger partial charge in [-0.25, -0.2) is 0 Å². The maximum Gasteiger partial charge on any atom is 0.417 e. The Morgan fingerprint density at radius 3 is 2.45 bits per heavy atom. The van der Waals surface area contributed by atoms with Gasteiger partial charge in [0, 0.05) is 23.0 Å². The number of halogens is 4. The molecule has 2 aromatic heterocycles. The maximum atomic E-state index is 13.0. The number of anilines is 1. The Kier molecular flexibility index (Phi) is 6.06. The molecule has 168 valence electrons. The number of rotatable bonds is 5. The summed E-state index contributed by atoms with van der Waals surface area (Å²) in [4.78, 5) is 27.1. The van der Waals surface area contributed by atoms with E-state index in [2.05, 4.69) is 10.4 Å². The van der Waals surface area contributed by atoms with Crippen LogP contribution in [-0.2, 0) is 12.7 Å². The molecule has 0 fully saturated rings. The number of nitrogens with zero attached hydrogens (tertiary/aromatic N) is 2. The summed E-state index contributed by atoms with van der Waals surface area (Å²) in [6.45, 7) is 0.360. The van der Waals surface area contributed by atoms with E-state index in [0.717, 1.165) is 5.56 Å². The van der Waals surface area contributed by atoms with E-state index in [1.165, 1.54) is 6.20 Å². The predicted molar refractivity (Wildman–Crippen MR) is 118 cm³/mol. The molecule has 0 saturated heterocycles. The number of pyridine rings is 1. The van der Waals surface area contributed by atoms with Gasteiger partial charge in [0.1, 0.15) is 11.4 Å². The lowest BCUT2D eigenvalue weighted by Gasteiger charge is -2.09. The number of amides is 1. The molecule has 2 aromatic carbocycles. The fourth-order valence-electron chi connectivity index (χ4n) is 3.19. The average Bonchev–Trinajstić information content (AvgIpc) is 3.19. The minimum Gasteiger partial charge on any atom is -0.327 e. The van der Waals surface area contributed by atoms with Crippen LogP contribution in [0.4, 0.5) is 18.9 Å². The van der Waals surface area contributed by atoms with Gasteiger partial charge in [0.15, 0.2) is 0 Å². The molecule has 0 aliphatic rings. The number of aromatic nitrogens is 3. The van der Waals surface area contributed by atoms with E-state index in [4.69, 9.17) is 11.6 Å². The van der Waals surface area contributed by atoms with Gasteiger partial charge < -0.3 is 10.3 Å².